The van der Waals surface area contributed by atoms with Crippen molar-refractivity contribution < 1.29 is 19.4 Å². The number of ether oxygens (including phenoxy) is 1. The Morgan fingerprint density at radius 3 is 2.65 bits per heavy atom. The Hall–Kier alpha value is -2.24. The number of aliphatic hydroxyl groups excluding tert-OH is 1. The highest BCUT2D eigenvalue weighted by atomic mass is 32.2. The molecular formula is C15H18N4O5S2. The van der Waals surface area contributed by atoms with Crippen LogP contribution in [-0.2, 0) is 16.0 Å². The molecule has 2 aromatic rings. The monoisotopic (exact) mass is 398 g/mol. The molecule has 0 radical (unpaired) electrons. The van der Waals surface area contributed by atoms with Crippen molar-refractivity contribution in [1.82, 2.24) is 15.0 Å². The highest BCUT2D eigenvalue weighted by molar-refractivity contribution is 7.99. The number of H-pyrrole nitrogens is 1. The Bertz CT molecular complexity index is 877. The zero-order valence-corrected chi connectivity index (χ0v) is 16.0. The van der Waals surface area contributed by atoms with E-state index in [1.54, 1.807) is 13.8 Å². The number of nitrogens with one attached hydrogen (secondary N) is 2. The molecule has 2 aromatic heterocycles. The zero-order chi connectivity index (χ0) is 19.3. The fourth-order valence-electron chi connectivity index (χ4n) is 2.08. The van der Waals surface area contributed by atoms with Crippen molar-refractivity contribution in [2.24, 2.45) is 0 Å². The van der Waals surface area contributed by atoms with Gasteiger partial charge < -0.3 is 20.1 Å². The van der Waals surface area contributed by atoms with Crippen LogP contribution in [0.3, 0.4) is 0 Å². The number of nitrogens with zero attached hydrogens (tertiary/aromatic N) is 2. The molecule has 2 heterocycles. The van der Waals surface area contributed by atoms with Gasteiger partial charge in [-0.05, 0) is 13.8 Å². The molecule has 0 unspecified atom stereocenters. The topological polar surface area (TPSA) is 134 Å². The summed E-state index contributed by atoms with van der Waals surface area (Å²) in [5, 5.41) is 12.2. The summed E-state index contributed by atoms with van der Waals surface area (Å²) < 4.78 is 4.65. The van der Waals surface area contributed by atoms with Gasteiger partial charge in [0.25, 0.3) is 5.56 Å². The molecule has 1 amide bonds. The van der Waals surface area contributed by atoms with E-state index in [-0.39, 0.29) is 30.2 Å². The number of carbonyl (C=O) groups excluding carboxylic acids is 2. The van der Waals surface area contributed by atoms with Gasteiger partial charge in [-0.1, -0.05) is 23.1 Å². The van der Waals surface area contributed by atoms with Gasteiger partial charge in [-0.25, -0.2) is 14.8 Å². The number of thioether (sulfide) groups is 1. The zero-order valence-electron chi connectivity index (χ0n) is 14.4. The number of esters is 1. The fourth-order valence-corrected chi connectivity index (χ4v) is 3.69. The molecule has 0 saturated carbocycles. The summed E-state index contributed by atoms with van der Waals surface area (Å²) in [6.45, 7) is 3.19. The Kier molecular flexibility index (Phi) is 6.89. The van der Waals surface area contributed by atoms with Gasteiger partial charge in [0.15, 0.2) is 10.3 Å². The fraction of sp³-hybridized carbons (Fsp3) is 0.400. The number of aromatic nitrogens is 3. The lowest BCUT2D eigenvalue weighted by atomic mass is 10.2. The molecule has 0 aliphatic heterocycles. The lowest BCUT2D eigenvalue weighted by molar-refractivity contribution is -0.113. The van der Waals surface area contributed by atoms with Crippen molar-refractivity contribution in [3.63, 3.8) is 0 Å². The van der Waals surface area contributed by atoms with Crippen molar-refractivity contribution >= 4 is 40.1 Å². The number of rotatable bonds is 7. The number of thiazole rings is 1. The van der Waals surface area contributed by atoms with Gasteiger partial charge in [0.2, 0.25) is 5.91 Å². The smallest absolute Gasteiger partial charge is 0.350 e. The lowest BCUT2D eigenvalue weighted by Crippen LogP contribution is -2.19. The minimum atomic E-state index is -0.505. The quantitative estimate of drug-likeness (QED) is 0.356. The van der Waals surface area contributed by atoms with Crippen LogP contribution >= 0.6 is 23.1 Å². The summed E-state index contributed by atoms with van der Waals surface area (Å²) in [5.41, 5.74) is 1.09. The number of anilines is 1. The lowest BCUT2D eigenvalue weighted by Gasteiger charge is -2.06. The van der Waals surface area contributed by atoms with Gasteiger partial charge in [-0.15, -0.1) is 0 Å². The van der Waals surface area contributed by atoms with E-state index in [0.717, 1.165) is 23.1 Å². The maximum Gasteiger partial charge on any atom is 0.350 e. The van der Waals surface area contributed by atoms with E-state index in [0.29, 0.717) is 32.1 Å². The summed E-state index contributed by atoms with van der Waals surface area (Å²) >= 11 is 2.10. The Morgan fingerprint density at radius 2 is 2.04 bits per heavy atom. The summed E-state index contributed by atoms with van der Waals surface area (Å²) in [6, 6.07) is 0. The summed E-state index contributed by atoms with van der Waals surface area (Å²) in [7, 11) is 1.28. The maximum absolute atomic E-state index is 12.1. The molecule has 0 aliphatic carbocycles. The second-order valence-electron chi connectivity index (χ2n) is 5.17. The van der Waals surface area contributed by atoms with Crippen molar-refractivity contribution in [1.29, 1.82) is 0 Å². The molecular weight excluding hydrogens is 380 g/mol. The first-order valence-corrected chi connectivity index (χ1v) is 9.35. The molecule has 2 rings (SSSR count). The van der Waals surface area contributed by atoms with Crippen LogP contribution in [0.5, 0.6) is 0 Å². The molecule has 0 aliphatic rings. The number of carbonyl (C=O) groups is 2. The van der Waals surface area contributed by atoms with E-state index in [1.165, 1.54) is 7.11 Å². The number of hydrogen-bond donors (Lipinski definition) is 3. The highest BCUT2D eigenvalue weighted by Crippen LogP contribution is 2.23. The van der Waals surface area contributed by atoms with Gasteiger partial charge in [-0.2, -0.15) is 0 Å². The molecule has 26 heavy (non-hydrogen) atoms. The number of aryl methyl sites for hydroxylation is 2. The van der Waals surface area contributed by atoms with E-state index in [9.17, 15) is 14.4 Å². The van der Waals surface area contributed by atoms with Crippen molar-refractivity contribution in [2.45, 2.75) is 25.4 Å². The standard InChI is InChI=1S/C15H18N4O5S2/c1-7-9(4-5-20)12(22)19-14(16-7)25-6-10(21)18-15-17-8(2)11(26-15)13(23)24-3/h20H,4-6H2,1-3H3,(H,16,19,22)(H,17,18,21). The molecule has 0 aromatic carbocycles. The molecule has 0 saturated heterocycles. The van der Waals surface area contributed by atoms with Crippen molar-refractivity contribution in [3.8, 4) is 0 Å². The first-order chi connectivity index (χ1) is 12.3. The van der Waals surface area contributed by atoms with E-state index >= 15 is 0 Å². The van der Waals surface area contributed by atoms with E-state index in [2.05, 4.69) is 25.0 Å². The van der Waals surface area contributed by atoms with E-state index in [1.807, 2.05) is 0 Å². The van der Waals surface area contributed by atoms with E-state index in [4.69, 9.17) is 5.11 Å². The number of aliphatic hydroxyl groups is 1. The second kappa shape index (κ2) is 8.92. The van der Waals surface area contributed by atoms with Crippen LogP contribution in [-0.4, -0.2) is 51.4 Å². The maximum atomic E-state index is 12.1. The average molecular weight is 398 g/mol. The van der Waals surface area contributed by atoms with E-state index < -0.39 is 5.97 Å². The van der Waals surface area contributed by atoms with Gasteiger partial charge in [-0.3, -0.25) is 9.59 Å². The van der Waals surface area contributed by atoms with Crippen LogP contribution in [0.4, 0.5) is 5.13 Å². The summed E-state index contributed by atoms with van der Waals surface area (Å²) in [4.78, 5) is 46.8. The van der Waals surface area contributed by atoms with Crippen molar-refractivity contribution in [2.75, 3.05) is 24.8 Å². The third-order valence-electron chi connectivity index (χ3n) is 3.32. The second-order valence-corrected chi connectivity index (χ2v) is 7.13. The normalized spacial score (nSPS) is 10.6. The Morgan fingerprint density at radius 1 is 1.31 bits per heavy atom. The highest BCUT2D eigenvalue weighted by Gasteiger charge is 2.17. The molecule has 0 atom stereocenters. The van der Waals surface area contributed by atoms with Crippen LogP contribution in [0.15, 0.2) is 9.95 Å². The van der Waals surface area contributed by atoms with Crippen LogP contribution in [0, 0.1) is 13.8 Å². The predicted octanol–water partition coefficient (Wildman–Crippen LogP) is 0.895. The number of aromatic amines is 1. The van der Waals surface area contributed by atoms with Gasteiger partial charge >= 0.3 is 5.97 Å². The van der Waals surface area contributed by atoms with Gasteiger partial charge in [0, 0.05) is 24.3 Å². The molecule has 3 N–H and O–H groups in total. The minimum absolute atomic E-state index is 0.00785. The summed E-state index contributed by atoms with van der Waals surface area (Å²) in [5.74, 6) is -0.844. The Balaban J connectivity index is 1.99. The largest absolute Gasteiger partial charge is 0.465 e. The minimum Gasteiger partial charge on any atom is -0.465 e. The summed E-state index contributed by atoms with van der Waals surface area (Å²) in [6.07, 6.45) is 0.228. The van der Waals surface area contributed by atoms with Crippen LogP contribution in [0.1, 0.15) is 26.6 Å². The third-order valence-corrected chi connectivity index (χ3v) is 5.24. The van der Waals surface area contributed by atoms with Gasteiger partial charge in [0.1, 0.15) is 4.88 Å². The SMILES string of the molecule is COC(=O)c1sc(NC(=O)CSc2nc(C)c(CCO)c(=O)[nH]2)nc1C. The van der Waals surface area contributed by atoms with Crippen LogP contribution < -0.4 is 10.9 Å². The van der Waals surface area contributed by atoms with Crippen LogP contribution in [0.2, 0.25) is 0 Å². The molecule has 0 fully saturated rings. The average Bonchev–Trinajstić information content (AvgIpc) is 2.95. The predicted molar refractivity (Wildman–Crippen MR) is 97.9 cm³/mol. The first-order valence-electron chi connectivity index (χ1n) is 7.54. The number of amides is 1. The van der Waals surface area contributed by atoms with Gasteiger partial charge in [0.05, 0.1) is 18.6 Å². The molecule has 11 heteroatoms. The van der Waals surface area contributed by atoms with Crippen LogP contribution in [0.25, 0.3) is 0 Å². The first kappa shape index (κ1) is 20.1. The molecule has 0 bridgehead atoms. The Labute approximate surface area is 157 Å². The molecule has 9 nitrogen and oxygen atoms in total. The third kappa shape index (κ3) is 4.90. The number of methoxy groups -OCH3 is 1. The van der Waals surface area contributed by atoms with Crippen molar-refractivity contribution in [3.05, 3.63) is 32.2 Å². The number of hydrogen-bond acceptors (Lipinski definition) is 9. The molecule has 140 valence electrons. The molecule has 0 spiro atoms.